The van der Waals surface area contributed by atoms with Gasteiger partial charge < -0.3 is 4.74 Å². The summed E-state index contributed by atoms with van der Waals surface area (Å²) in [7, 11) is 1.66. The Morgan fingerprint density at radius 3 is 2.29 bits per heavy atom. The Bertz CT molecular complexity index is 922. The van der Waals surface area contributed by atoms with Crippen LogP contribution in [0.5, 0.6) is 5.75 Å². The fourth-order valence-corrected chi connectivity index (χ4v) is 3.80. The molecule has 28 heavy (non-hydrogen) atoms. The zero-order valence-electron chi connectivity index (χ0n) is 17.0. The van der Waals surface area contributed by atoms with Gasteiger partial charge in [0.1, 0.15) is 5.75 Å². The molecule has 0 N–H and O–H groups in total. The molecular formula is C23H27N3OS. The third-order valence-corrected chi connectivity index (χ3v) is 5.60. The van der Waals surface area contributed by atoms with Crippen LogP contribution >= 0.6 is 11.8 Å². The van der Waals surface area contributed by atoms with Gasteiger partial charge in [0.15, 0.2) is 11.0 Å². The highest BCUT2D eigenvalue weighted by atomic mass is 32.2. The minimum absolute atomic E-state index is 0.170. The molecule has 0 amide bonds. The molecule has 0 bridgehead atoms. The first-order valence-corrected chi connectivity index (χ1v) is 10.3. The second kappa shape index (κ2) is 8.65. The van der Waals surface area contributed by atoms with Crippen LogP contribution in [0.2, 0.25) is 0 Å². The molecule has 0 fully saturated rings. The van der Waals surface area contributed by atoms with E-state index in [1.807, 2.05) is 30.3 Å². The topological polar surface area (TPSA) is 39.9 Å². The summed E-state index contributed by atoms with van der Waals surface area (Å²) in [4.78, 5) is 0. The summed E-state index contributed by atoms with van der Waals surface area (Å²) in [5.41, 5.74) is 3.80. The number of ether oxygens (including phenoxy) is 1. The van der Waals surface area contributed by atoms with Gasteiger partial charge in [-0.15, -0.1) is 16.8 Å². The maximum Gasteiger partial charge on any atom is 0.192 e. The summed E-state index contributed by atoms with van der Waals surface area (Å²) in [5.74, 6) is 2.52. The Balaban J connectivity index is 1.78. The third kappa shape index (κ3) is 4.65. The number of aromatic nitrogens is 3. The van der Waals surface area contributed by atoms with Gasteiger partial charge in [0.25, 0.3) is 0 Å². The second-order valence-corrected chi connectivity index (χ2v) is 8.61. The number of nitrogens with zero attached hydrogens (tertiary/aromatic N) is 3. The van der Waals surface area contributed by atoms with Gasteiger partial charge in [0.05, 0.1) is 7.11 Å². The van der Waals surface area contributed by atoms with Gasteiger partial charge in [0.2, 0.25) is 0 Å². The van der Waals surface area contributed by atoms with Gasteiger partial charge in [0, 0.05) is 17.9 Å². The van der Waals surface area contributed by atoms with Crippen LogP contribution in [0, 0.1) is 0 Å². The molecule has 2 aromatic carbocycles. The van der Waals surface area contributed by atoms with E-state index in [1.165, 1.54) is 11.1 Å². The Kier molecular flexibility index (Phi) is 6.25. The van der Waals surface area contributed by atoms with Gasteiger partial charge in [-0.25, -0.2) is 0 Å². The largest absolute Gasteiger partial charge is 0.497 e. The lowest BCUT2D eigenvalue weighted by molar-refractivity contribution is 0.415. The zero-order valence-corrected chi connectivity index (χ0v) is 17.8. The molecule has 4 nitrogen and oxygen atoms in total. The molecule has 1 heterocycles. The van der Waals surface area contributed by atoms with Crippen molar-refractivity contribution in [1.29, 1.82) is 0 Å². The van der Waals surface area contributed by atoms with Crippen LogP contribution in [-0.4, -0.2) is 21.9 Å². The Labute approximate surface area is 171 Å². The first-order valence-electron chi connectivity index (χ1n) is 9.33. The lowest BCUT2D eigenvalue weighted by atomic mass is 9.87. The van der Waals surface area contributed by atoms with E-state index in [2.05, 4.69) is 66.4 Å². The van der Waals surface area contributed by atoms with Crippen LogP contribution in [0.15, 0.2) is 66.3 Å². The highest BCUT2D eigenvalue weighted by Crippen LogP contribution is 2.28. The Morgan fingerprint density at radius 2 is 1.71 bits per heavy atom. The van der Waals surface area contributed by atoms with E-state index < -0.39 is 0 Å². The molecular weight excluding hydrogens is 366 g/mol. The van der Waals surface area contributed by atoms with Crippen molar-refractivity contribution in [1.82, 2.24) is 14.8 Å². The highest BCUT2D eigenvalue weighted by Gasteiger charge is 2.15. The van der Waals surface area contributed by atoms with Crippen molar-refractivity contribution in [2.75, 3.05) is 7.11 Å². The van der Waals surface area contributed by atoms with Crippen LogP contribution in [0.1, 0.15) is 31.9 Å². The van der Waals surface area contributed by atoms with Crippen molar-refractivity contribution < 1.29 is 4.74 Å². The fraction of sp³-hybridized carbons (Fsp3) is 0.304. The molecule has 0 atom stereocenters. The zero-order chi connectivity index (χ0) is 20.1. The summed E-state index contributed by atoms with van der Waals surface area (Å²) < 4.78 is 7.34. The van der Waals surface area contributed by atoms with E-state index in [0.717, 1.165) is 28.0 Å². The predicted octanol–water partition coefficient (Wildman–Crippen LogP) is 5.73. The van der Waals surface area contributed by atoms with E-state index >= 15 is 0 Å². The minimum Gasteiger partial charge on any atom is -0.497 e. The number of rotatable bonds is 7. The minimum atomic E-state index is 0.170. The van der Waals surface area contributed by atoms with Crippen molar-refractivity contribution in [2.45, 2.75) is 43.6 Å². The summed E-state index contributed by atoms with van der Waals surface area (Å²) in [6.45, 7) is 11.2. The monoisotopic (exact) mass is 393 g/mol. The third-order valence-electron chi connectivity index (χ3n) is 4.56. The quantitative estimate of drug-likeness (QED) is 0.380. The number of hydrogen-bond donors (Lipinski definition) is 0. The predicted molar refractivity (Wildman–Crippen MR) is 117 cm³/mol. The smallest absolute Gasteiger partial charge is 0.192 e. The average Bonchev–Trinajstić information content (AvgIpc) is 3.09. The molecule has 5 heteroatoms. The average molecular weight is 394 g/mol. The first kappa shape index (κ1) is 20.2. The number of hydrogen-bond acceptors (Lipinski definition) is 4. The number of benzene rings is 2. The van der Waals surface area contributed by atoms with Crippen molar-refractivity contribution >= 4 is 11.8 Å². The van der Waals surface area contributed by atoms with Gasteiger partial charge >= 0.3 is 0 Å². The van der Waals surface area contributed by atoms with E-state index in [0.29, 0.717) is 6.54 Å². The number of allylic oxidation sites excluding steroid dienone is 1. The molecule has 0 saturated heterocycles. The van der Waals surface area contributed by atoms with Gasteiger partial charge in [-0.05, 0) is 40.8 Å². The van der Waals surface area contributed by atoms with E-state index in [-0.39, 0.29) is 5.41 Å². The first-order chi connectivity index (χ1) is 13.4. The molecule has 0 saturated carbocycles. The maximum absolute atomic E-state index is 5.24. The van der Waals surface area contributed by atoms with Crippen LogP contribution < -0.4 is 4.74 Å². The molecule has 0 unspecified atom stereocenters. The van der Waals surface area contributed by atoms with Crippen molar-refractivity contribution in [3.63, 3.8) is 0 Å². The van der Waals surface area contributed by atoms with E-state index in [1.54, 1.807) is 18.9 Å². The van der Waals surface area contributed by atoms with Crippen LogP contribution in [0.3, 0.4) is 0 Å². The summed E-state index contributed by atoms with van der Waals surface area (Å²) in [6, 6.07) is 16.7. The standard InChI is InChI=1S/C23H27N3OS/c1-6-15-26-21(18-9-13-20(27-5)14-10-18)24-25-22(26)28-16-17-7-11-19(12-8-17)23(2,3)4/h6-14H,1,15-16H2,2-5H3. The van der Waals surface area contributed by atoms with E-state index in [9.17, 15) is 0 Å². The van der Waals surface area contributed by atoms with Crippen molar-refractivity contribution in [3.8, 4) is 17.1 Å². The molecule has 0 aliphatic heterocycles. The second-order valence-electron chi connectivity index (χ2n) is 7.67. The van der Waals surface area contributed by atoms with Crippen molar-refractivity contribution in [3.05, 3.63) is 72.3 Å². The Hall–Kier alpha value is -2.53. The molecule has 3 rings (SSSR count). The van der Waals surface area contributed by atoms with Crippen LogP contribution in [-0.2, 0) is 17.7 Å². The van der Waals surface area contributed by atoms with Crippen LogP contribution in [0.4, 0.5) is 0 Å². The molecule has 0 aliphatic rings. The Morgan fingerprint density at radius 1 is 1.04 bits per heavy atom. The maximum atomic E-state index is 5.24. The summed E-state index contributed by atoms with van der Waals surface area (Å²) >= 11 is 1.69. The molecule has 0 radical (unpaired) electrons. The van der Waals surface area contributed by atoms with Gasteiger partial charge in [-0.2, -0.15) is 0 Å². The molecule has 146 valence electrons. The molecule has 1 aromatic heterocycles. The number of methoxy groups -OCH3 is 1. The summed E-state index contributed by atoms with van der Waals surface area (Å²) in [6.07, 6.45) is 1.87. The van der Waals surface area contributed by atoms with Crippen LogP contribution in [0.25, 0.3) is 11.4 Å². The van der Waals surface area contributed by atoms with Gasteiger partial charge in [-0.3, -0.25) is 4.57 Å². The summed E-state index contributed by atoms with van der Waals surface area (Å²) in [5, 5.41) is 9.74. The number of thioether (sulfide) groups is 1. The molecule has 0 aliphatic carbocycles. The van der Waals surface area contributed by atoms with Crippen molar-refractivity contribution in [2.24, 2.45) is 0 Å². The normalized spacial score (nSPS) is 11.4. The molecule has 0 spiro atoms. The highest BCUT2D eigenvalue weighted by molar-refractivity contribution is 7.98. The molecule has 3 aromatic rings. The lowest BCUT2D eigenvalue weighted by Gasteiger charge is -2.19. The van der Waals surface area contributed by atoms with E-state index in [4.69, 9.17) is 4.74 Å². The fourth-order valence-electron chi connectivity index (χ4n) is 2.89. The van der Waals surface area contributed by atoms with Gasteiger partial charge in [-0.1, -0.05) is 62.9 Å². The lowest BCUT2D eigenvalue weighted by Crippen LogP contribution is -2.10. The SMILES string of the molecule is C=CCn1c(SCc2ccc(C(C)(C)C)cc2)nnc1-c1ccc(OC)cc1.